The van der Waals surface area contributed by atoms with E-state index in [0.717, 1.165) is 22.3 Å². The van der Waals surface area contributed by atoms with E-state index in [-0.39, 0.29) is 18.3 Å². The Bertz CT molecular complexity index is 1300. The van der Waals surface area contributed by atoms with Gasteiger partial charge in [0.25, 0.3) is 5.91 Å². The van der Waals surface area contributed by atoms with Crippen LogP contribution in [0.15, 0.2) is 63.9 Å². The third-order valence-corrected chi connectivity index (χ3v) is 4.77. The van der Waals surface area contributed by atoms with Gasteiger partial charge >= 0.3 is 5.63 Å². The summed E-state index contributed by atoms with van der Waals surface area (Å²) in [5.41, 5.74) is 3.80. The number of anilines is 1. The van der Waals surface area contributed by atoms with Crippen LogP contribution in [0.2, 0.25) is 0 Å². The van der Waals surface area contributed by atoms with Crippen molar-refractivity contribution in [2.24, 2.45) is 0 Å². The molecule has 0 atom stereocenters. The number of nitrogens with zero attached hydrogens (tertiary/aromatic N) is 2. The Hall–Kier alpha value is -3.87. The molecule has 0 bridgehead atoms. The molecule has 7 nitrogen and oxygen atoms in total. The molecule has 2 heterocycles. The zero-order chi connectivity index (χ0) is 21.3. The highest BCUT2D eigenvalue weighted by atomic mass is 16.5. The summed E-state index contributed by atoms with van der Waals surface area (Å²) in [6.07, 6.45) is 1.68. The van der Waals surface area contributed by atoms with Crippen LogP contribution in [0.3, 0.4) is 0 Å². The van der Waals surface area contributed by atoms with E-state index >= 15 is 0 Å². The first-order chi connectivity index (χ1) is 14.4. The molecule has 0 saturated carbocycles. The highest BCUT2D eigenvalue weighted by molar-refractivity contribution is 6.03. The van der Waals surface area contributed by atoms with E-state index in [4.69, 9.17) is 9.15 Å². The van der Waals surface area contributed by atoms with Crippen molar-refractivity contribution in [1.82, 2.24) is 9.78 Å². The van der Waals surface area contributed by atoms with Gasteiger partial charge in [-0.25, -0.2) is 9.48 Å². The Balaban J connectivity index is 1.45. The molecule has 0 aliphatic heterocycles. The number of ether oxygens (including phenoxy) is 1. The van der Waals surface area contributed by atoms with Crippen LogP contribution >= 0.6 is 0 Å². The van der Waals surface area contributed by atoms with Crippen molar-refractivity contribution in [3.8, 4) is 5.75 Å². The van der Waals surface area contributed by atoms with Crippen LogP contribution in [0.1, 0.15) is 27.2 Å². The van der Waals surface area contributed by atoms with Crippen molar-refractivity contribution in [3.63, 3.8) is 0 Å². The summed E-state index contributed by atoms with van der Waals surface area (Å²) in [6, 6.07) is 14.2. The highest BCUT2D eigenvalue weighted by Crippen LogP contribution is 2.21. The summed E-state index contributed by atoms with van der Waals surface area (Å²) >= 11 is 0. The van der Waals surface area contributed by atoms with Crippen LogP contribution in [0.5, 0.6) is 5.75 Å². The van der Waals surface area contributed by atoms with Gasteiger partial charge in [-0.15, -0.1) is 0 Å². The van der Waals surface area contributed by atoms with Gasteiger partial charge in [0.1, 0.15) is 11.3 Å². The van der Waals surface area contributed by atoms with Gasteiger partial charge in [0.05, 0.1) is 0 Å². The predicted octanol–water partition coefficient (Wildman–Crippen LogP) is 4.20. The fourth-order valence-corrected chi connectivity index (χ4v) is 3.25. The zero-order valence-electron chi connectivity index (χ0n) is 16.9. The number of amides is 1. The molecule has 0 saturated heterocycles. The quantitative estimate of drug-likeness (QED) is 0.505. The first-order valence-electron chi connectivity index (χ1n) is 9.48. The van der Waals surface area contributed by atoms with Crippen LogP contribution in [-0.2, 0) is 6.73 Å². The Kier molecular flexibility index (Phi) is 5.10. The maximum Gasteiger partial charge on any atom is 0.336 e. The Morgan fingerprint density at radius 2 is 1.90 bits per heavy atom. The molecule has 0 fully saturated rings. The molecule has 0 spiro atoms. The number of nitrogens with one attached hydrogen (secondary N) is 1. The lowest BCUT2D eigenvalue weighted by Crippen LogP contribution is -2.14. The van der Waals surface area contributed by atoms with E-state index in [2.05, 4.69) is 10.4 Å². The maximum atomic E-state index is 12.5. The number of carbonyl (C=O) groups is 1. The van der Waals surface area contributed by atoms with E-state index in [1.807, 2.05) is 39.0 Å². The lowest BCUT2D eigenvalue weighted by Gasteiger charge is -2.09. The lowest BCUT2D eigenvalue weighted by atomic mass is 10.1. The number of fused-ring (bicyclic) bond motifs is 1. The third-order valence-electron chi connectivity index (χ3n) is 4.77. The molecule has 0 unspecified atom stereocenters. The van der Waals surface area contributed by atoms with Gasteiger partial charge in [0, 0.05) is 29.4 Å². The SMILES string of the molecule is Cc1ccc(OCn2ccc(C(=O)Nc3ccc4c(C)cc(=O)oc4c3)n2)c(C)c1. The van der Waals surface area contributed by atoms with Crippen molar-refractivity contribution in [1.29, 1.82) is 0 Å². The molecule has 1 N–H and O–H groups in total. The van der Waals surface area contributed by atoms with E-state index in [9.17, 15) is 9.59 Å². The van der Waals surface area contributed by atoms with Gasteiger partial charge < -0.3 is 14.5 Å². The van der Waals surface area contributed by atoms with Crippen molar-refractivity contribution < 1.29 is 13.9 Å². The summed E-state index contributed by atoms with van der Waals surface area (Å²) < 4.78 is 12.6. The number of benzene rings is 2. The van der Waals surface area contributed by atoms with Crippen molar-refractivity contribution in [2.75, 3.05) is 5.32 Å². The largest absolute Gasteiger partial charge is 0.471 e. The predicted molar refractivity (Wildman–Crippen MR) is 114 cm³/mol. The normalized spacial score (nSPS) is 10.9. The number of hydrogen-bond acceptors (Lipinski definition) is 5. The van der Waals surface area contributed by atoms with E-state index < -0.39 is 5.63 Å². The monoisotopic (exact) mass is 403 g/mol. The fraction of sp³-hybridized carbons (Fsp3) is 0.174. The fourth-order valence-electron chi connectivity index (χ4n) is 3.25. The van der Waals surface area contributed by atoms with Crippen molar-refractivity contribution in [3.05, 3.63) is 87.5 Å². The second kappa shape index (κ2) is 7.87. The first-order valence-corrected chi connectivity index (χ1v) is 9.48. The molecule has 2 aromatic heterocycles. The molecule has 4 rings (SSSR count). The van der Waals surface area contributed by atoms with Crippen LogP contribution in [0.25, 0.3) is 11.0 Å². The second-order valence-corrected chi connectivity index (χ2v) is 7.20. The topological polar surface area (TPSA) is 86.4 Å². The third kappa shape index (κ3) is 4.10. The number of aryl methyl sites for hydroxylation is 3. The molecule has 0 radical (unpaired) electrons. The smallest absolute Gasteiger partial charge is 0.336 e. The molecular weight excluding hydrogens is 382 g/mol. The first kappa shape index (κ1) is 19.4. The molecule has 30 heavy (non-hydrogen) atoms. The summed E-state index contributed by atoms with van der Waals surface area (Å²) in [5, 5.41) is 7.86. The molecule has 0 aliphatic rings. The average molecular weight is 403 g/mol. The van der Waals surface area contributed by atoms with Crippen LogP contribution in [0, 0.1) is 20.8 Å². The number of aromatic nitrogens is 2. The van der Waals surface area contributed by atoms with Crippen molar-refractivity contribution in [2.45, 2.75) is 27.5 Å². The summed E-state index contributed by atoms with van der Waals surface area (Å²) in [6.45, 7) is 6.04. The van der Waals surface area contributed by atoms with E-state index in [1.54, 1.807) is 35.1 Å². The molecule has 0 aliphatic carbocycles. The Morgan fingerprint density at radius 1 is 1.07 bits per heavy atom. The van der Waals surface area contributed by atoms with Crippen LogP contribution in [0.4, 0.5) is 5.69 Å². The van der Waals surface area contributed by atoms with Gasteiger partial charge in [-0.05, 0) is 56.2 Å². The summed E-state index contributed by atoms with van der Waals surface area (Å²) in [5.74, 6) is 0.407. The molecule has 152 valence electrons. The summed E-state index contributed by atoms with van der Waals surface area (Å²) in [4.78, 5) is 24.1. The highest BCUT2D eigenvalue weighted by Gasteiger charge is 2.12. The molecule has 1 amide bonds. The van der Waals surface area contributed by atoms with Gasteiger partial charge in [-0.3, -0.25) is 4.79 Å². The van der Waals surface area contributed by atoms with Crippen LogP contribution < -0.4 is 15.7 Å². The second-order valence-electron chi connectivity index (χ2n) is 7.20. The Morgan fingerprint density at radius 3 is 2.70 bits per heavy atom. The Labute approximate surface area is 172 Å². The minimum Gasteiger partial charge on any atom is -0.471 e. The number of hydrogen-bond donors (Lipinski definition) is 1. The molecule has 7 heteroatoms. The standard InChI is InChI=1S/C23H21N3O4/c1-14-4-7-20(16(3)10-14)29-13-26-9-8-19(25-26)23(28)24-17-5-6-18-15(2)11-22(27)30-21(18)12-17/h4-12H,13H2,1-3H3,(H,24,28). The molecular formula is C23H21N3O4. The van der Waals surface area contributed by atoms with Gasteiger partial charge in [0.2, 0.25) is 0 Å². The maximum absolute atomic E-state index is 12.5. The van der Waals surface area contributed by atoms with Gasteiger partial charge in [-0.1, -0.05) is 17.7 Å². The number of carbonyl (C=O) groups excluding carboxylic acids is 1. The van der Waals surface area contributed by atoms with E-state index in [0.29, 0.717) is 11.3 Å². The summed E-state index contributed by atoms with van der Waals surface area (Å²) in [7, 11) is 0. The molecule has 2 aromatic carbocycles. The minimum absolute atomic E-state index is 0.192. The lowest BCUT2D eigenvalue weighted by molar-refractivity contribution is 0.102. The molecule has 4 aromatic rings. The minimum atomic E-state index is -0.425. The van der Waals surface area contributed by atoms with Crippen LogP contribution in [-0.4, -0.2) is 15.7 Å². The average Bonchev–Trinajstić information content (AvgIpc) is 3.16. The van der Waals surface area contributed by atoms with E-state index in [1.165, 1.54) is 11.6 Å². The number of rotatable bonds is 5. The zero-order valence-corrected chi connectivity index (χ0v) is 16.9. The van der Waals surface area contributed by atoms with Gasteiger partial charge in [0.15, 0.2) is 12.4 Å². The van der Waals surface area contributed by atoms with Crippen molar-refractivity contribution >= 4 is 22.6 Å². The van der Waals surface area contributed by atoms with Gasteiger partial charge in [-0.2, -0.15) is 5.10 Å².